The average Bonchev–Trinajstić information content (AvgIpc) is 2.87. The predicted octanol–water partition coefficient (Wildman–Crippen LogP) is 4.02. The van der Waals surface area contributed by atoms with Crippen LogP contribution in [0, 0.1) is 5.92 Å². The predicted molar refractivity (Wildman–Crippen MR) is 78.3 cm³/mol. The van der Waals surface area contributed by atoms with Crippen molar-refractivity contribution in [3.63, 3.8) is 0 Å². The molecule has 2 atom stereocenters. The van der Waals surface area contributed by atoms with Gasteiger partial charge in [0.15, 0.2) is 0 Å². The van der Waals surface area contributed by atoms with Crippen LogP contribution < -0.4 is 0 Å². The van der Waals surface area contributed by atoms with E-state index in [1.165, 1.54) is 0 Å². The monoisotopic (exact) mass is 277 g/mol. The maximum Gasteiger partial charge on any atom is 0.138 e. The summed E-state index contributed by atoms with van der Waals surface area (Å²) in [4.78, 5) is 4.35. The molecule has 0 amide bonds. The van der Waals surface area contributed by atoms with Crippen LogP contribution >= 0.6 is 11.6 Å². The second kappa shape index (κ2) is 6.20. The number of hydrogen-bond donors (Lipinski definition) is 0. The van der Waals surface area contributed by atoms with E-state index >= 15 is 0 Å². The minimum absolute atomic E-state index is 0.00138. The first kappa shape index (κ1) is 14.1. The largest absolute Gasteiger partial charge is 0.248 e. The van der Waals surface area contributed by atoms with Crippen molar-refractivity contribution >= 4 is 11.6 Å². The highest BCUT2D eigenvalue weighted by molar-refractivity contribution is 6.21. The summed E-state index contributed by atoms with van der Waals surface area (Å²) >= 11 is 6.55. The number of hydrogen-bond acceptors (Lipinski definition) is 2. The molecule has 1 aromatic carbocycles. The van der Waals surface area contributed by atoms with Gasteiger partial charge in [-0.05, 0) is 25.3 Å². The van der Waals surface area contributed by atoms with Gasteiger partial charge in [0.05, 0.1) is 5.38 Å². The molecule has 1 aromatic heterocycles. The van der Waals surface area contributed by atoms with Crippen molar-refractivity contribution in [2.45, 2.75) is 38.6 Å². The van der Waals surface area contributed by atoms with Crippen LogP contribution in [0.3, 0.4) is 0 Å². The van der Waals surface area contributed by atoms with Crippen molar-refractivity contribution in [1.82, 2.24) is 14.8 Å². The molecule has 19 heavy (non-hydrogen) atoms. The quantitative estimate of drug-likeness (QED) is 0.773. The zero-order valence-electron chi connectivity index (χ0n) is 11.6. The van der Waals surface area contributed by atoms with E-state index < -0.39 is 0 Å². The van der Waals surface area contributed by atoms with Crippen molar-refractivity contribution in [3.8, 4) is 0 Å². The third-order valence-corrected chi connectivity index (χ3v) is 3.94. The minimum atomic E-state index is -0.00138. The molecular weight excluding hydrogens is 258 g/mol. The minimum Gasteiger partial charge on any atom is -0.248 e. The summed E-state index contributed by atoms with van der Waals surface area (Å²) < 4.78 is 1.96. The highest BCUT2D eigenvalue weighted by Crippen LogP contribution is 2.30. The SMILES string of the molecule is CC(Cc1ncnn1C(C)C)C(Cl)c1ccccc1. The summed E-state index contributed by atoms with van der Waals surface area (Å²) in [5, 5.41) is 4.26. The number of rotatable bonds is 5. The molecule has 1 heterocycles. The summed E-state index contributed by atoms with van der Waals surface area (Å²) in [6, 6.07) is 10.5. The third-order valence-electron chi connectivity index (χ3n) is 3.26. The van der Waals surface area contributed by atoms with Crippen LogP contribution in [0.4, 0.5) is 0 Å². The van der Waals surface area contributed by atoms with Crippen LogP contribution in [0.1, 0.15) is 43.6 Å². The fraction of sp³-hybridized carbons (Fsp3) is 0.467. The lowest BCUT2D eigenvalue weighted by molar-refractivity contribution is 0.465. The third kappa shape index (κ3) is 3.35. The van der Waals surface area contributed by atoms with E-state index in [1.807, 2.05) is 22.9 Å². The van der Waals surface area contributed by atoms with Gasteiger partial charge in [0, 0.05) is 12.5 Å². The molecule has 0 fully saturated rings. The molecule has 4 heteroatoms. The fourth-order valence-corrected chi connectivity index (χ4v) is 2.44. The Kier molecular flexibility index (Phi) is 4.59. The van der Waals surface area contributed by atoms with Crippen LogP contribution in [0.25, 0.3) is 0 Å². The Bertz CT molecular complexity index is 507. The van der Waals surface area contributed by atoms with E-state index in [2.05, 4.69) is 43.0 Å². The van der Waals surface area contributed by atoms with Crippen LogP contribution in [0.5, 0.6) is 0 Å². The summed E-state index contributed by atoms with van der Waals surface area (Å²) in [7, 11) is 0. The van der Waals surface area contributed by atoms with Gasteiger partial charge in [-0.3, -0.25) is 0 Å². The molecule has 3 nitrogen and oxygen atoms in total. The standard InChI is InChI=1S/C15H20ClN3/c1-11(2)19-14(17-10-18-19)9-12(3)15(16)13-7-5-4-6-8-13/h4-8,10-12,15H,9H2,1-3H3. The Labute approximate surface area is 119 Å². The Morgan fingerprint density at radius 1 is 1.16 bits per heavy atom. The number of benzene rings is 1. The van der Waals surface area contributed by atoms with Crippen molar-refractivity contribution < 1.29 is 0 Å². The highest BCUT2D eigenvalue weighted by Gasteiger charge is 2.19. The summed E-state index contributed by atoms with van der Waals surface area (Å²) in [5.74, 6) is 1.31. The lowest BCUT2D eigenvalue weighted by atomic mass is 9.97. The van der Waals surface area contributed by atoms with Crippen molar-refractivity contribution in [2.75, 3.05) is 0 Å². The van der Waals surface area contributed by atoms with E-state index in [4.69, 9.17) is 11.6 Å². The molecular formula is C15H20ClN3. The van der Waals surface area contributed by atoms with E-state index in [1.54, 1.807) is 6.33 Å². The number of halogens is 1. The first-order valence-electron chi connectivity index (χ1n) is 6.67. The van der Waals surface area contributed by atoms with Gasteiger partial charge in [-0.1, -0.05) is 37.3 Å². The van der Waals surface area contributed by atoms with Gasteiger partial charge in [0.2, 0.25) is 0 Å². The molecule has 0 bridgehead atoms. The van der Waals surface area contributed by atoms with Crippen LogP contribution in [-0.4, -0.2) is 14.8 Å². The van der Waals surface area contributed by atoms with Crippen molar-refractivity contribution in [1.29, 1.82) is 0 Å². The van der Waals surface area contributed by atoms with Crippen molar-refractivity contribution in [2.24, 2.45) is 5.92 Å². The molecule has 2 aromatic rings. The molecule has 0 spiro atoms. The molecule has 0 aliphatic carbocycles. The Hall–Kier alpha value is -1.35. The maximum absolute atomic E-state index is 6.55. The smallest absolute Gasteiger partial charge is 0.138 e. The summed E-state index contributed by atoms with van der Waals surface area (Å²) in [6.07, 6.45) is 2.45. The Morgan fingerprint density at radius 3 is 2.47 bits per heavy atom. The van der Waals surface area contributed by atoms with Gasteiger partial charge in [-0.2, -0.15) is 5.10 Å². The first-order chi connectivity index (χ1) is 9.09. The van der Waals surface area contributed by atoms with Crippen LogP contribution in [0.2, 0.25) is 0 Å². The lowest BCUT2D eigenvalue weighted by Gasteiger charge is -2.19. The van der Waals surface area contributed by atoms with Gasteiger partial charge < -0.3 is 0 Å². The number of aromatic nitrogens is 3. The highest BCUT2D eigenvalue weighted by atomic mass is 35.5. The van der Waals surface area contributed by atoms with E-state index in [0.29, 0.717) is 12.0 Å². The van der Waals surface area contributed by atoms with E-state index in [9.17, 15) is 0 Å². The van der Waals surface area contributed by atoms with Crippen LogP contribution in [-0.2, 0) is 6.42 Å². The molecule has 0 aliphatic heterocycles. The zero-order chi connectivity index (χ0) is 13.8. The van der Waals surface area contributed by atoms with E-state index in [0.717, 1.165) is 17.8 Å². The molecule has 0 N–H and O–H groups in total. The Morgan fingerprint density at radius 2 is 1.84 bits per heavy atom. The molecule has 0 aliphatic rings. The second-order valence-corrected chi connectivity index (χ2v) is 5.68. The maximum atomic E-state index is 6.55. The molecule has 0 radical (unpaired) electrons. The fourth-order valence-electron chi connectivity index (χ4n) is 2.21. The normalized spacial score (nSPS) is 14.6. The van der Waals surface area contributed by atoms with Crippen molar-refractivity contribution in [3.05, 3.63) is 48.0 Å². The molecule has 102 valence electrons. The first-order valence-corrected chi connectivity index (χ1v) is 7.10. The molecule has 0 saturated carbocycles. The second-order valence-electron chi connectivity index (χ2n) is 5.21. The molecule has 0 saturated heterocycles. The van der Waals surface area contributed by atoms with Gasteiger partial charge in [0.1, 0.15) is 12.2 Å². The molecule has 2 rings (SSSR count). The van der Waals surface area contributed by atoms with Gasteiger partial charge in [-0.25, -0.2) is 9.67 Å². The Balaban J connectivity index is 2.08. The number of nitrogens with zero attached hydrogens (tertiary/aromatic N) is 3. The number of alkyl halides is 1. The summed E-state index contributed by atoms with van der Waals surface area (Å²) in [6.45, 7) is 6.38. The summed E-state index contributed by atoms with van der Waals surface area (Å²) in [5.41, 5.74) is 1.16. The van der Waals surface area contributed by atoms with Gasteiger partial charge in [-0.15, -0.1) is 11.6 Å². The van der Waals surface area contributed by atoms with Gasteiger partial charge in [0.25, 0.3) is 0 Å². The van der Waals surface area contributed by atoms with E-state index in [-0.39, 0.29) is 5.38 Å². The lowest BCUT2D eigenvalue weighted by Crippen LogP contribution is -2.14. The zero-order valence-corrected chi connectivity index (χ0v) is 12.4. The topological polar surface area (TPSA) is 30.7 Å². The molecule has 2 unspecified atom stereocenters. The average molecular weight is 278 g/mol. The van der Waals surface area contributed by atoms with Gasteiger partial charge >= 0.3 is 0 Å². The van der Waals surface area contributed by atoms with Crippen LogP contribution in [0.15, 0.2) is 36.7 Å².